The van der Waals surface area contributed by atoms with Crippen LogP contribution in [0.2, 0.25) is 5.02 Å². The van der Waals surface area contributed by atoms with Crippen molar-refractivity contribution in [2.45, 2.75) is 25.9 Å². The summed E-state index contributed by atoms with van der Waals surface area (Å²) in [4.78, 5) is 10.4. The molecule has 0 fully saturated rings. The lowest BCUT2D eigenvalue weighted by atomic mass is 10.2. The van der Waals surface area contributed by atoms with E-state index in [1.165, 1.54) is 0 Å². The van der Waals surface area contributed by atoms with Crippen LogP contribution in [-0.2, 0) is 4.79 Å². The molecule has 0 bridgehead atoms. The van der Waals surface area contributed by atoms with Gasteiger partial charge >= 0.3 is 5.97 Å². The van der Waals surface area contributed by atoms with Crippen molar-refractivity contribution in [3.05, 3.63) is 27.7 Å². The molecular weight excluding hydrogens is 295 g/mol. The molecule has 1 unspecified atom stereocenters. The molecule has 88 valence electrons. The smallest absolute Gasteiger partial charge is 0.303 e. The van der Waals surface area contributed by atoms with Gasteiger partial charge in [0.25, 0.3) is 0 Å². The van der Waals surface area contributed by atoms with Gasteiger partial charge in [-0.1, -0.05) is 11.6 Å². The van der Waals surface area contributed by atoms with E-state index in [9.17, 15) is 4.79 Å². The molecule has 0 heterocycles. The van der Waals surface area contributed by atoms with Crippen molar-refractivity contribution in [1.29, 1.82) is 0 Å². The average molecular weight is 308 g/mol. The van der Waals surface area contributed by atoms with E-state index < -0.39 is 5.97 Å². The number of carboxylic acid groups (broad SMARTS) is 1. The summed E-state index contributed by atoms with van der Waals surface area (Å²) in [6.45, 7) is 1.84. The number of rotatable bonds is 5. The van der Waals surface area contributed by atoms with Crippen molar-refractivity contribution < 1.29 is 14.6 Å². The number of hydrogen-bond donors (Lipinski definition) is 1. The van der Waals surface area contributed by atoms with E-state index in [0.29, 0.717) is 17.2 Å². The van der Waals surface area contributed by atoms with Crippen molar-refractivity contribution in [3.8, 4) is 5.75 Å². The van der Waals surface area contributed by atoms with Crippen LogP contribution in [0.4, 0.5) is 0 Å². The summed E-state index contributed by atoms with van der Waals surface area (Å²) in [5, 5.41) is 9.16. The van der Waals surface area contributed by atoms with Crippen LogP contribution in [0.1, 0.15) is 19.8 Å². The van der Waals surface area contributed by atoms with Crippen LogP contribution < -0.4 is 4.74 Å². The van der Waals surface area contributed by atoms with Crippen molar-refractivity contribution in [2.24, 2.45) is 0 Å². The number of benzene rings is 1. The van der Waals surface area contributed by atoms with E-state index in [4.69, 9.17) is 21.4 Å². The standard InChI is InChI=1S/C11H12BrClO3/c1-7(2-5-11(14)15)16-10-4-3-8(13)6-9(10)12/h3-4,6-7H,2,5H2,1H3,(H,14,15). The Labute approximate surface area is 107 Å². The van der Waals surface area contributed by atoms with Crippen molar-refractivity contribution in [1.82, 2.24) is 0 Å². The molecule has 0 spiro atoms. The second-order valence-electron chi connectivity index (χ2n) is 3.44. The number of halogens is 2. The first-order valence-corrected chi connectivity index (χ1v) is 5.99. The third-order valence-corrected chi connectivity index (χ3v) is 2.84. The summed E-state index contributed by atoms with van der Waals surface area (Å²) in [6, 6.07) is 5.22. The van der Waals surface area contributed by atoms with Crippen LogP contribution in [0.15, 0.2) is 22.7 Å². The van der Waals surface area contributed by atoms with Crippen LogP contribution in [0.5, 0.6) is 5.75 Å². The zero-order valence-electron chi connectivity index (χ0n) is 8.74. The van der Waals surface area contributed by atoms with Crippen LogP contribution in [0, 0.1) is 0 Å². The van der Waals surface area contributed by atoms with Crippen molar-refractivity contribution in [3.63, 3.8) is 0 Å². The van der Waals surface area contributed by atoms with Crippen molar-refractivity contribution in [2.75, 3.05) is 0 Å². The highest BCUT2D eigenvalue weighted by Gasteiger charge is 2.09. The molecule has 0 aliphatic carbocycles. The molecule has 3 nitrogen and oxygen atoms in total. The van der Waals surface area contributed by atoms with E-state index in [-0.39, 0.29) is 12.5 Å². The van der Waals surface area contributed by atoms with Gasteiger partial charge in [0, 0.05) is 11.4 Å². The Morgan fingerprint density at radius 3 is 2.88 bits per heavy atom. The van der Waals surface area contributed by atoms with Gasteiger partial charge in [-0.2, -0.15) is 0 Å². The number of hydrogen-bond acceptors (Lipinski definition) is 2. The number of ether oxygens (including phenoxy) is 1. The van der Waals surface area contributed by atoms with Crippen LogP contribution in [0.25, 0.3) is 0 Å². The lowest BCUT2D eigenvalue weighted by molar-refractivity contribution is -0.137. The molecule has 1 N–H and O–H groups in total. The van der Waals surface area contributed by atoms with Crippen molar-refractivity contribution >= 4 is 33.5 Å². The summed E-state index contributed by atoms with van der Waals surface area (Å²) in [5.74, 6) is -0.145. The minimum atomic E-state index is -0.814. The highest BCUT2D eigenvalue weighted by molar-refractivity contribution is 9.10. The molecule has 16 heavy (non-hydrogen) atoms. The fraction of sp³-hybridized carbons (Fsp3) is 0.364. The van der Waals surface area contributed by atoms with Crippen LogP contribution in [0.3, 0.4) is 0 Å². The Morgan fingerprint density at radius 1 is 1.62 bits per heavy atom. The molecule has 0 saturated carbocycles. The largest absolute Gasteiger partial charge is 0.490 e. The molecule has 0 aliphatic rings. The third kappa shape index (κ3) is 4.41. The molecule has 0 aliphatic heterocycles. The fourth-order valence-corrected chi connectivity index (χ4v) is 1.95. The zero-order chi connectivity index (χ0) is 12.1. The maximum atomic E-state index is 10.4. The van der Waals surface area contributed by atoms with E-state index >= 15 is 0 Å². The average Bonchev–Trinajstić information content (AvgIpc) is 2.19. The molecule has 1 atom stereocenters. The number of aliphatic carboxylic acids is 1. The van der Waals surface area contributed by atoms with Gasteiger partial charge in [-0.15, -0.1) is 0 Å². The summed E-state index contributed by atoms with van der Waals surface area (Å²) in [5.41, 5.74) is 0. The Hall–Kier alpha value is -0.740. The van der Waals surface area contributed by atoms with Gasteiger partial charge in [0.2, 0.25) is 0 Å². The Bertz CT molecular complexity index is 381. The van der Waals surface area contributed by atoms with Gasteiger partial charge in [-0.25, -0.2) is 0 Å². The quantitative estimate of drug-likeness (QED) is 0.901. The van der Waals surface area contributed by atoms with Gasteiger partial charge in [0.15, 0.2) is 0 Å². The highest BCUT2D eigenvalue weighted by atomic mass is 79.9. The normalized spacial score (nSPS) is 12.2. The minimum absolute atomic E-state index is 0.104. The first-order valence-electron chi connectivity index (χ1n) is 4.82. The molecule has 1 rings (SSSR count). The number of carbonyl (C=O) groups is 1. The summed E-state index contributed by atoms with van der Waals surface area (Å²) in [7, 11) is 0. The van der Waals surface area contributed by atoms with Gasteiger partial charge in [-0.05, 0) is 47.5 Å². The SMILES string of the molecule is CC(CCC(=O)O)Oc1ccc(Cl)cc1Br. The highest BCUT2D eigenvalue weighted by Crippen LogP contribution is 2.29. The molecule has 1 aromatic rings. The first-order chi connectivity index (χ1) is 7.49. The summed E-state index contributed by atoms with van der Waals surface area (Å²) < 4.78 is 6.35. The topological polar surface area (TPSA) is 46.5 Å². The van der Waals surface area contributed by atoms with Gasteiger partial charge in [-0.3, -0.25) is 4.79 Å². The predicted molar refractivity (Wildman–Crippen MR) is 66.1 cm³/mol. The zero-order valence-corrected chi connectivity index (χ0v) is 11.1. The number of carboxylic acids is 1. The van der Waals surface area contributed by atoms with E-state index in [0.717, 1.165) is 4.47 Å². The molecule has 0 radical (unpaired) electrons. The second-order valence-corrected chi connectivity index (χ2v) is 4.73. The maximum absolute atomic E-state index is 10.4. The summed E-state index contributed by atoms with van der Waals surface area (Å²) in [6.07, 6.45) is 0.435. The molecular formula is C11H12BrClO3. The Balaban J connectivity index is 2.55. The maximum Gasteiger partial charge on any atom is 0.303 e. The second kappa shape index (κ2) is 6.11. The minimum Gasteiger partial charge on any atom is -0.490 e. The van der Waals surface area contributed by atoms with E-state index in [1.807, 2.05) is 6.92 Å². The third-order valence-electron chi connectivity index (χ3n) is 1.99. The molecule has 5 heteroatoms. The molecule has 0 aromatic heterocycles. The van der Waals surface area contributed by atoms with Gasteiger partial charge in [0.1, 0.15) is 5.75 Å². The van der Waals surface area contributed by atoms with Gasteiger partial charge in [0.05, 0.1) is 10.6 Å². The Morgan fingerprint density at radius 2 is 2.31 bits per heavy atom. The Kier molecular flexibility index (Phi) is 5.09. The van der Waals surface area contributed by atoms with Gasteiger partial charge < -0.3 is 9.84 Å². The molecule has 1 aromatic carbocycles. The van der Waals surface area contributed by atoms with Crippen LogP contribution in [-0.4, -0.2) is 17.2 Å². The predicted octanol–water partition coefficient (Wildman–Crippen LogP) is 3.73. The summed E-state index contributed by atoms with van der Waals surface area (Å²) >= 11 is 9.12. The lowest BCUT2D eigenvalue weighted by Crippen LogP contribution is -2.13. The van der Waals surface area contributed by atoms with E-state index in [1.54, 1.807) is 18.2 Å². The lowest BCUT2D eigenvalue weighted by Gasteiger charge is -2.15. The van der Waals surface area contributed by atoms with Crippen LogP contribution >= 0.6 is 27.5 Å². The molecule has 0 saturated heterocycles. The fourth-order valence-electron chi connectivity index (χ4n) is 1.17. The first kappa shape index (κ1) is 13.3. The van der Waals surface area contributed by atoms with E-state index in [2.05, 4.69) is 15.9 Å². The monoisotopic (exact) mass is 306 g/mol. The molecule has 0 amide bonds.